The third-order valence-electron chi connectivity index (χ3n) is 11.5. The van der Waals surface area contributed by atoms with Crippen molar-refractivity contribution in [3.63, 3.8) is 0 Å². The van der Waals surface area contributed by atoms with E-state index in [0.29, 0.717) is 30.4 Å². The fourth-order valence-electron chi connectivity index (χ4n) is 9.14. The minimum absolute atomic E-state index is 0.129. The van der Waals surface area contributed by atoms with Crippen LogP contribution < -0.4 is 21.7 Å². The Hall–Kier alpha value is -3.90. The van der Waals surface area contributed by atoms with Crippen molar-refractivity contribution in [3.8, 4) is 0 Å². The molecule has 4 bridgehead atoms. The van der Waals surface area contributed by atoms with E-state index in [-0.39, 0.29) is 36.6 Å². The topological polar surface area (TPSA) is 160 Å². The van der Waals surface area contributed by atoms with Crippen LogP contribution in [0.5, 0.6) is 0 Å². The van der Waals surface area contributed by atoms with Crippen LogP contribution in [0.1, 0.15) is 98.1 Å². The molecular weight excluding hydrogens is 727 g/mol. The largest absolute Gasteiger partial charge is 0.444 e. The van der Waals surface area contributed by atoms with Crippen molar-refractivity contribution in [2.45, 2.75) is 128 Å². The predicted molar refractivity (Wildman–Crippen MR) is 221 cm³/mol. The fraction of sp³-hybridized carbons (Fsp3) is 0.614. The van der Waals surface area contributed by atoms with Gasteiger partial charge < -0.3 is 26.0 Å². The molecule has 0 radical (unpaired) electrons. The van der Waals surface area contributed by atoms with Gasteiger partial charge in [0.2, 0.25) is 17.7 Å². The fourth-order valence-corrected chi connectivity index (χ4v) is 9.61. The van der Waals surface area contributed by atoms with E-state index in [1.165, 1.54) is 18.2 Å². The average Bonchev–Trinajstić information content (AvgIpc) is 3.15. The number of ether oxygens (including phenoxy) is 1. The van der Waals surface area contributed by atoms with Crippen molar-refractivity contribution in [1.82, 2.24) is 20.9 Å². The highest BCUT2D eigenvalue weighted by Crippen LogP contribution is 2.55. The zero-order valence-electron chi connectivity index (χ0n) is 35.0. The highest BCUT2D eigenvalue weighted by atomic mass is 32.2. The molecule has 11 nitrogen and oxygen atoms in total. The number of rotatable bonds is 15. The molecule has 6 rings (SSSR count). The summed E-state index contributed by atoms with van der Waals surface area (Å²) in [5, 5.41) is 8.08. The lowest BCUT2D eigenvalue weighted by Gasteiger charge is -2.58. The molecule has 0 heterocycles. The molecular formula is C44H63N5O6S. The van der Waals surface area contributed by atoms with Gasteiger partial charge in [0.25, 0.3) is 5.91 Å². The molecule has 12 heteroatoms. The molecule has 2 aromatic carbocycles. The standard InChI is InChI=1S/C44H63N5O6S/c1-43(2,3)33-15-13-28(14-16-33)25-36(41(53)48-42(54)55-44(4,5)6)49(38-31-20-29-19-30(22-31)23-32(38)21-29)37(50)26-46-40(52)35(17-18-56-7)47-39(51)34(45)24-27-11-9-8-10-12-27/h8-16,29-32,34-36,38H,17-26,45H2,1-7H3,(H,46,52)(H,47,51)(H,48,53,54)/t29?,30?,31?,32?,34-,35+,36-,38?/m0/s1/i1D. The Bertz CT molecular complexity index is 1690. The molecule has 5 amide bonds. The summed E-state index contributed by atoms with van der Waals surface area (Å²) in [4.78, 5) is 71.0. The molecule has 0 unspecified atom stereocenters. The van der Waals surface area contributed by atoms with Gasteiger partial charge in [-0.3, -0.25) is 24.5 Å². The molecule has 4 fully saturated rings. The quantitative estimate of drug-likeness (QED) is 0.184. The van der Waals surface area contributed by atoms with E-state index in [1.54, 1.807) is 25.7 Å². The van der Waals surface area contributed by atoms with Crippen molar-refractivity contribution < 1.29 is 30.1 Å². The molecule has 2 aromatic rings. The number of nitrogens with zero attached hydrogens (tertiary/aromatic N) is 1. The molecule has 4 saturated carbocycles. The third kappa shape index (κ3) is 11.6. The Morgan fingerprint density at radius 1 is 0.857 bits per heavy atom. The maximum atomic E-state index is 14.8. The Balaban J connectivity index is 1.41. The average molecular weight is 791 g/mol. The minimum Gasteiger partial charge on any atom is -0.444 e. The summed E-state index contributed by atoms with van der Waals surface area (Å²) in [7, 11) is 0. The molecule has 0 aromatic heterocycles. The molecule has 0 spiro atoms. The number of carbonyl (C=O) groups excluding carboxylic acids is 5. The number of hydrogen-bond donors (Lipinski definition) is 4. The summed E-state index contributed by atoms with van der Waals surface area (Å²) in [6.07, 6.45) is 6.86. The van der Waals surface area contributed by atoms with Crippen molar-refractivity contribution in [2.75, 3.05) is 18.6 Å². The van der Waals surface area contributed by atoms with Gasteiger partial charge in [-0.15, -0.1) is 0 Å². The van der Waals surface area contributed by atoms with Gasteiger partial charge in [0.05, 0.1) is 12.6 Å². The van der Waals surface area contributed by atoms with Gasteiger partial charge in [0, 0.05) is 13.8 Å². The Kier molecular flexibility index (Phi) is 13.8. The maximum Gasteiger partial charge on any atom is 0.414 e. The van der Waals surface area contributed by atoms with E-state index in [1.807, 2.05) is 74.7 Å². The Labute approximate surface area is 338 Å². The summed E-state index contributed by atoms with van der Waals surface area (Å²) in [5.74, 6) is 0.120. The van der Waals surface area contributed by atoms with Crippen LogP contribution in [0.4, 0.5) is 4.79 Å². The lowest BCUT2D eigenvalue weighted by Crippen LogP contribution is -2.65. The summed E-state index contributed by atoms with van der Waals surface area (Å²) >= 11 is 1.54. The molecule has 306 valence electrons. The van der Waals surface area contributed by atoms with Gasteiger partial charge >= 0.3 is 6.09 Å². The van der Waals surface area contributed by atoms with Crippen LogP contribution in [-0.2, 0) is 42.2 Å². The highest BCUT2D eigenvalue weighted by Gasteiger charge is 2.53. The van der Waals surface area contributed by atoms with Crippen LogP contribution in [0.25, 0.3) is 0 Å². The maximum absolute atomic E-state index is 14.8. The van der Waals surface area contributed by atoms with E-state index in [4.69, 9.17) is 11.8 Å². The van der Waals surface area contributed by atoms with Crippen LogP contribution >= 0.6 is 11.8 Å². The lowest BCUT2D eigenvalue weighted by atomic mass is 9.53. The van der Waals surface area contributed by atoms with E-state index < -0.39 is 60.0 Å². The van der Waals surface area contributed by atoms with Crippen LogP contribution in [0.3, 0.4) is 0 Å². The number of amides is 5. The number of alkyl carbamates (subject to hydrolysis) is 1. The summed E-state index contributed by atoms with van der Waals surface area (Å²) in [5.41, 5.74) is 7.73. The van der Waals surface area contributed by atoms with E-state index >= 15 is 0 Å². The third-order valence-corrected chi connectivity index (χ3v) is 12.1. The number of nitrogens with one attached hydrogen (secondary N) is 3. The Morgan fingerprint density at radius 2 is 1.46 bits per heavy atom. The number of thioether (sulfide) groups is 1. The lowest BCUT2D eigenvalue weighted by molar-refractivity contribution is -0.154. The first-order chi connectivity index (χ1) is 27.0. The smallest absolute Gasteiger partial charge is 0.414 e. The molecule has 5 N–H and O–H groups in total. The number of hydrogen-bond acceptors (Lipinski definition) is 8. The zero-order chi connectivity index (χ0) is 41.5. The van der Waals surface area contributed by atoms with E-state index in [2.05, 4.69) is 16.0 Å². The van der Waals surface area contributed by atoms with Gasteiger partial charge in [-0.25, -0.2) is 4.79 Å². The number of benzene rings is 2. The minimum atomic E-state index is -1.08. The summed E-state index contributed by atoms with van der Waals surface area (Å²) < 4.78 is 13.5. The number of imide groups is 1. The van der Waals surface area contributed by atoms with E-state index in [0.717, 1.165) is 42.4 Å². The SMILES string of the molecule is [2H]CC(C)(C)c1ccc(C[C@@H](C(=O)NC(=O)OC(C)(C)C)N(C(=O)CNC(=O)[C@@H](CCSC)NC(=O)[C@@H](N)Cc2ccccc2)C2C3CC4CC(C3)CC2C4)cc1. The molecule has 4 aliphatic carbocycles. The molecule has 0 saturated heterocycles. The van der Waals surface area contributed by atoms with Gasteiger partial charge in [-0.2, -0.15) is 11.8 Å². The second-order valence-corrected chi connectivity index (χ2v) is 18.9. The monoisotopic (exact) mass is 790 g/mol. The normalized spacial score (nSPS) is 23.3. The van der Waals surface area contributed by atoms with Crippen LogP contribution in [-0.4, -0.2) is 82.9 Å². The van der Waals surface area contributed by atoms with Gasteiger partial charge in [-0.1, -0.05) is 75.3 Å². The Morgan fingerprint density at radius 3 is 2.04 bits per heavy atom. The van der Waals surface area contributed by atoms with E-state index in [9.17, 15) is 24.0 Å². The van der Waals surface area contributed by atoms with Gasteiger partial charge in [0.1, 0.15) is 17.7 Å². The van der Waals surface area contributed by atoms with Crippen molar-refractivity contribution >= 4 is 41.5 Å². The van der Waals surface area contributed by atoms with Crippen LogP contribution in [0.15, 0.2) is 54.6 Å². The molecule has 4 aliphatic rings. The van der Waals surface area contributed by atoms with Crippen molar-refractivity contribution in [3.05, 3.63) is 71.3 Å². The predicted octanol–water partition coefficient (Wildman–Crippen LogP) is 5.52. The molecule has 0 aliphatic heterocycles. The number of nitrogens with two attached hydrogens (primary N) is 1. The molecule has 3 atom stereocenters. The van der Waals surface area contributed by atoms with Crippen molar-refractivity contribution in [1.29, 1.82) is 0 Å². The highest BCUT2D eigenvalue weighted by molar-refractivity contribution is 7.98. The van der Waals surface area contributed by atoms with Crippen LogP contribution in [0.2, 0.25) is 0 Å². The second-order valence-electron chi connectivity index (χ2n) is 17.9. The first kappa shape index (κ1) is 41.7. The summed E-state index contributed by atoms with van der Waals surface area (Å²) in [6.45, 7) is 8.97. The van der Waals surface area contributed by atoms with Gasteiger partial charge in [0.15, 0.2) is 0 Å². The molecule has 56 heavy (non-hydrogen) atoms. The van der Waals surface area contributed by atoms with Gasteiger partial charge in [-0.05, 0) is 124 Å². The second kappa shape index (κ2) is 18.6. The van der Waals surface area contributed by atoms with Crippen molar-refractivity contribution in [2.24, 2.45) is 29.4 Å². The van der Waals surface area contributed by atoms with Crippen LogP contribution in [0, 0.1) is 23.7 Å². The first-order valence-electron chi connectivity index (χ1n) is 20.8. The first-order valence-corrected chi connectivity index (χ1v) is 21.5. The number of carbonyl (C=O) groups is 5. The summed E-state index contributed by atoms with van der Waals surface area (Å²) in [6, 6.07) is 14.0. The zero-order valence-corrected chi connectivity index (χ0v) is 34.8.